The molecule has 23 heavy (non-hydrogen) atoms. The molecule has 2 aliphatic heterocycles. The Morgan fingerprint density at radius 3 is 2.52 bits per heavy atom. The van der Waals surface area contributed by atoms with E-state index < -0.39 is 5.79 Å². The first-order valence-corrected chi connectivity index (χ1v) is 10.2. The van der Waals surface area contributed by atoms with Crippen LogP contribution in [-0.4, -0.2) is 42.1 Å². The van der Waals surface area contributed by atoms with Gasteiger partial charge in [0.15, 0.2) is 0 Å². The first-order valence-electron chi connectivity index (χ1n) is 9.19. The van der Waals surface area contributed by atoms with E-state index in [0.29, 0.717) is 11.8 Å². The minimum absolute atomic E-state index is 0.276. The zero-order chi connectivity index (χ0) is 15.9. The summed E-state index contributed by atoms with van der Waals surface area (Å²) in [5, 5.41) is 0. The average Bonchev–Trinajstić information content (AvgIpc) is 2.57. The molecule has 0 N–H and O–H groups in total. The minimum atomic E-state index is -0.482. The third-order valence-electron chi connectivity index (χ3n) is 6.13. The Morgan fingerprint density at radius 2 is 1.91 bits per heavy atom. The molecule has 5 heteroatoms. The Bertz CT molecular complexity index is 477. The first-order chi connectivity index (χ1) is 11.2. The van der Waals surface area contributed by atoms with Gasteiger partial charge < -0.3 is 9.64 Å². The van der Waals surface area contributed by atoms with Crippen LogP contribution in [-0.2, 0) is 14.5 Å². The topological polar surface area (TPSA) is 30.9 Å². The Balaban J connectivity index is 1.57. The number of hydrogen-bond acceptors (Lipinski definition) is 5. The van der Waals surface area contributed by atoms with Crippen LogP contribution in [0.15, 0.2) is 11.8 Å². The van der Waals surface area contributed by atoms with Gasteiger partial charge in [0.1, 0.15) is 0 Å². The van der Waals surface area contributed by atoms with Crippen LogP contribution in [0.2, 0.25) is 0 Å². The lowest BCUT2D eigenvalue weighted by molar-refractivity contribution is -0.608. The van der Waals surface area contributed by atoms with Gasteiger partial charge in [0.2, 0.25) is 10.7 Å². The highest BCUT2D eigenvalue weighted by atomic mass is 32.2. The predicted molar refractivity (Wildman–Crippen MR) is 91.7 cm³/mol. The van der Waals surface area contributed by atoms with Crippen LogP contribution in [0.1, 0.15) is 51.4 Å². The van der Waals surface area contributed by atoms with E-state index in [9.17, 15) is 0 Å². The van der Waals surface area contributed by atoms with E-state index in [0.717, 1.165) is 31.6 Å². The molecule has 0 spiro atoms. The summed E-state index contributed by atoms with van der Waals surface area (Å²) in [7, 11) is 4.27. The molecule has 3 fully saturated rings. The standard InChI is InChI=1S/C18H29NO3S/c1-19(2)16-10-8-15(9-11-16)18-17(21-22-18,20-12-13-23-18)14-6-4-3-5-7-14/h10,14-15H,3-9,11-13H2,1-2H3. The number of allylic oxidation sites excluding steroid dienone is 2. The van der Waals surface area contributed by atoms with Crippen molar-refractivity contribution in [1.29, 1.82) is 0 Å². The second-order valence-electron chi connectivity index (χ2n) is 7.59. The molecule has 0 amide bonds. The number of thioether (sulfide) groups is 1. The van der Waals surface area contributed by atoms with Crippen LogP contribution in [0, 0.1) is 11.8 Å². The van der Waals surface area contributed by atoms with Crippen molar-refractivity contribution >= 4 is 11.8 Å². The maximum atomic E-state index is 6.34. The zero-order valence-electron chi connectivity index (χ0n) is 14.4. The van der Waals surface area contributed by atoms with E-state index in [1.807, 2.05) is 11.8 Å². The van der Waals surface area contributed by atoms with Crippen LogP contribution in [0.25, 0.3) is 0 Å². The molecule has 0 aromatic rings. The summed E-state index contributed by atoms with van der Waals surface area (Å²) in [6.45, 7) is 0.789. The molecule has 2 heterocycles. The van der Waals surface area contributed by atoms with E-state index in [1.54, 1.807) is 0 Å². The lowest BCUT2D eigenvalue weighted by atomic mass is 9.73. The molecule has 2 saturated heterocycles. The molecule has 0 aromatic heterocycles. The van der Waals surface area contributed by atoms with Crippen LogP contribution in [0.4, 0.5) is 0 Å². The van der Waals surface area contributed by atoms with Crippen molar-refractivity contribution in [1.82, 2.24) is 4.90 Å². The van der Waals surface area contributed by atoms with Gasteiger partial charge in [-0.1, -0.05) is 25.3 Å². The summed E-state index contributed by atoms with van der Waals surface area (Å²) in [5.74, 6) is 1.52. The summed E-state index contributed by atoms with van der Waals surface area (Å²) in [5.41, 5.74) is 1.45. The summed E-state index contributed by atoms with van der Waals surface area (Å²) >= 11 is 1.95. The number of hydrogen-bond donors (Lipinski definition) is 0. The molecular weight excluding hydrogens is 310 g/mol. The molecule has 4 rings (SSSR count). The highest BCUT2D eigenvalue weighted by Crippen LogP contribution is 2.63. The molecule has 1 saturated carbocycles. The fourth-order valence-electron chi connectivity index (χ4n) is 4.84. The molecular formula is C18H29NO3S. The molecule has 2 aliphatic carbocycles. The van der Waals surface area contributed by atoms with E-state index in [-0.39, 0.29) is 4.93 Å². The van der Waals surface area contributed by atoms with Gasteiger partial charge in [0.25, 0.3) is 0 Å². The Labute approximate surface area is 143 Å². The molecule has 0 radical (unpaired) electrons. The number of ether oxygens (including phenoxy) is 1. The highest BCUT2D eigenvalue weighted by molar-refractivity contribution is 8.00. The van der Waals surface area contributed by atoms with Crippen molar-refractivity contribution in [2.45, 2.75) is 62.1 Å². The van der Waals surface area contributed by atoms with E-state index in [4.69, 9.17) is 14.5 Å². The van der Waals surface area contributed by atoms with Crippen molar-refractivity contribution in [3.8, 4) is 0 Å². The second-order valence-corrected chi connectivity index (χ2v) is 8.90. The van der Waals surface area contributed by atoms with Gasteiger partial charge in [-0.15, -0.1) is 11.8 Å². The van der Waals surface area contributed by atoms with E-state index in [2.05, 4.69) is 25.1 Å². The van der Waals surface area contributed by atoms with Crippen molar-refractivity contribution in [2.24, 2.45) is 11.8 Å². The minimum Gasteiger partial charge on any atom is -0.381 e. The van der Waals surface area contributed by atoms with Gasteiger partial charge in [0.05, 0.1) is 6.61 Å². The van der Waals surface area contributed by atoms with Crippen LogP contribution in [0.3, 0.4) is 0 Å². The lowest BCUT2D eigenvalue weighted by Crippen LogP contribution is -2.75. The fourth-order valence-corrected chi connectivity index (χ4v) is 6.30. The van der Waals surface area contributed by atoms with Crippen molar-refractivity contribution in [3.63, 3.8) is 0 Å². The average molecular weight is 340 g/mol. The summed E-state index contributed by atoms with van der Waals surface area (Å²) in [4.78, 5) is 13.7. The maximum absolute atomic E-state index is 6.34. The molecule has 3 unspecified atom stereocenters. The van der Waals surface area contributed by atoms with E-state index >= 15 is 0 Å². The van der Waals surface area contributed by atoms with Gasteiger partial charge in [0, 0.05) is 37.4 Å². The number of fused-ring (bicyclic) bond motifs is 1. The first kappa shape index (κ1) is 16.2. The van der Waals surface area contributed by atoms with Gasteiger partial charge >= 0.3 is 0 Å². The molecule has 0 bridgehead atoms. The summed E-state index contributed by atoms with van der Waals surface area (Å²) in [6, 6.07) is 0. The highest BCUT2D eigenvalue weighted by Gasteiger charge is 2.73. The maximum Gasteiger partial charge on any atom is 0.246 e. The smallest absolute Gasteiger partial charge is 0.246 e. The molecule has 3 atom stereocenters. The van der Waals surface area contributed by atoms with Crippen molar-refractivity contribution < 1.29 is 14.5 Å². The SMILES string of the molecule is CN(C)C1=CCC(C23OOC2(C2CCCCC2)OCCS3)CC1. The summed E-state index contributed by atoms with van der Waals surface area (Å²) < 4.78 is 6.34. The third-order valence-corrected chi connectivity index (χ3v) is 7.62. The van der Waals surface area contributed by atoms with Crippen LogP contribution in [0.5, 0.6) is 0 Å². The van der Waals surface area contributed by atoms with Gasteiger partial charge in [-0.25, -0.2) is 4.89 Å². The van der Waals surface area contributed by atoms with E-state index in [1.165, 1.54) is 37.8 Å². The third kappa shape index (κ3) is 2.46. The van der Waals surface area contributed by atoms with Gasteiger partial charge in [-0.05, 0) is 32.1 Å². The molecule has 130 valence electrons. The quantitative estimate of drug-likeness (QED) is 0.727. The van der Waals surface area contributed by atoms with Crippen molar-refractivity contribution in [2.75, 3.05) is 26.5 Å². The molecule has 4 aliphatic rings. The second kappa shape index (κ2) is 6.25. The van der Waals surface area contributed by atoms with Gasteiger partial charge in [-0.3, -0.25) is 0 Å². The lowest BCUT2D eigenvalue weighted by Gasteiger charge is -2.63. The largest absolute Gasteiger partial charge is 0.381 e. The zero-order valence-corrected chi connectivity index (χ0v) is 15.2. The number of rotatable bonds is 3. The fraction of sp³-hybridized carbons (Fsp3) is 0.889. The Kier molecular flexibility index (Phi) is 4.41. The number of nitrogens with zero attached hydrogens (tertiary/aromatic N) is 1. The normalized spacial score (nSPS) is 41.7. The Morgan fingerprint density at radius 1 is 1.09 bits per heavy atom. The molecule has 4 nitrogen and oxygen atoms in total. The molecule has 0 aromatic carbocycles. The Hall–Kier alpha value is -0.230. The van der Waals surface area contributed by atoms with Crippen LogP contribution < -0.4 is 0 Å². The monoisotopic (exact) mass is 339 g/mol. The van der Waals surface area contributed by atoms with Gasteiger partial charge in [-0.2, -0.15) is 4.89 Å². The van der Waals surface area contributed by atoms with Crippen LogP contribution >= 0.6 is 11.8 Å². The predicted octanol–water partition coefficient (Wildman–Crippen LogP) is 3.93. The van der Waals surface area contributed by atoms with Crippen molar-refractivity contribution in [3.05, 3.63) is 11.8 Å². The summed E-state index contributed by atoms with van der Waals surface area (Å²) in [6.07, 6.45) is 12.2.